The molecular formula is C14H20N2O3. The highest BCUT2D eigenvalue weighted by Crippen LogP contribution is 2.31. The van der Waals surface area contributed by atoms with Crippen LogP contribution in [0.1, 0.15) is 24.8 Å². The molecule has 0 saturated heterocycles. The summed E-state index contributed by atoms with van der Waals surface area (Å²) in [7, 11) is 0. The van der Waals surface area contributed by atoms with Gasteiger partial charge in [0.25, 0.3) is 5.69 Å². The number of benzene rings is 1. The van der Waals surface area contributed by atoms with Gasteiger partial charge < -0.3 is 10.5 Å². The summed E-state index contributed by atoms with van der Waals surface area (Å²) in [6, 6.07) is 6.51. The number of rotatable bonds is 6. The Kier molecular flexibility index (Phi) is 4.87. The van der Waals surface area contributed by atoms with Crippen LogP contribution in [0.5, 0.6) is 0 Å². The highest BCUT2D eigenvalue weighted by molar-refractivity contribution is 5.32. The van der Waals surface area contributed by atoms with Crippen molar-refractivity contribution < 1.29 is 9.66 Å². The van der Waals surface area contributed by atoms with Crippen LogP contribution < -0.4 is 5.73 Å². The molecule has 2 atom stereocenters. The summed E-state index contributed by atoms with van der Waals surface area (Å²) >= 11 is 0. The van der Waals surface area contributed by atoms with E-state index in [0.717, 1.165) is 18.7 Å². The fourth-order valence-corrected chi connectivity index (χ4v) is 2.69. The third-order valence-electron chi connectivity index (χ3n) is 3.87. The van der Waals surface area contributed by atoms with Crippen LogP contribution in [0.2, 0.25) is 0 Å². The van der Waals surface area contributed by atoms with E-state index in [1.807, 2.05) is 0 Å². The Morgan fingerprint density at radius 1 is 1.26 bits per heavy atom. The molecule has 1 aromatic rings. The number of nitrogens with two attached hydrogens (primary N) is 1. The van der Waals surface area contributed by atoms with Gasteiger partial charge in [-0.1, -0.05) is 6.42 Å². The molecule has 1 aliphatic rings. The summed E-state index contributed by atoms with van der Waals surface area (Å²) in [6.07, 6.45) is 3.65. The normalized spacial score (nSPS) is 22.6. The number of nitro benzene ring substituents is 1. The molecule has 0 heterocycles. The maximum Gasteiger partial charge on any atom is 0.269 e. The second-order valence-electron chi connectivity index (χ2n) is 5.13. The van der Waals surface area contributed by atoms with E-state index < -0.39 is 4.92 Å². The van der Waals surface area contributed by atoms with Gasteiger partial charge in [0.05, 0.1) is 18.1 Å². The highest BCUT2D eigenvalue weighted by Gasteiger charge is 2.25. The minimum Gasteiger partial charge on any atom is -0.376 e. The molecule has 0 aliphatic heterocycles. The van der Waals surface area contributed by atoms with E-state index in [-0.39, 0.29) is 5.69 Å². The maximum absolute atomic E-state index is 10.5. The van der Waals surface area contributed by atoms with Crippen molar-refractivity contribution in [2.45, 2.75) is 25.9 Å². The molecule has 5 nitrogen and oxygen atoms in total. The van der Waals surface area contributed by atoms with Gasteiger partial charge in [-0.3, -0.25) is 10.1 Å². The number of nitrogens with zero attached hydrogens (tertiary/aromatic N) is 1. The van der Waals surface area contributed by atoms with Crippen LogP contribution in [-0.4, -0.2) is 18.1 Å². The minimum absolute atomic E-state index is 0.114. The lowest BCUT2D eigenvalue weighted by atomic mass is 9.97. The quantitative estimate of drug-likeness (QED) is 0.632. The smallest absolute Gasteiger partial charge is 0.269 e. The van der Waals surface area contributed by atoms with E-state index in [1.54, 1.807) is 12.1 Å². The Morgan fingerprint density at radius 2 is 1.95 bits per heavy atom. The van der Waals surface area contributed by atoms with Gasteiger partial charge in [-0.2, -0.15) is 0 Å². The number of hydrogen-bond acceptors (Lipinski definition) is 4. The van der Waals surface area contributed by atoms with Gasteiger partial charge in [0.15, 0.2) is 0 Å². The van der Waals surface area contributed by atoms with Crippen molar-refractivity contribution in [3.8, 4) is 0 Å². The summed E-state index contributed by atoms with van der Waals surface area (Å²) in [5.41, 5.74) is 6.81. The first kappa shape index (κ1) is 14.0. The van der Waals surface area contributed by atoms with Crippen molar-refractivity contribution >= 4 is 5.69 Å². The summed E-state index contributed by atoms with van der Waals surface area (Å²) < 4.78 is 5.71. The SMILES string of the molecule is NCC1CCCC1COCc1ccc([N+](=O)[O-])cc1. The van der Waals surface area contributed by atoms with Crippen LogP contribution in [0, 0.1) is 22.0 Å². The van der Waals surface area contributed by atoms with Crippen LogP contribution in [0.4, 0.5) is 5.69 Å². The predicted octanol–water partition coefficient (Wildman–Crippen LogP) is 2.49. The molecule has 1 fully saturated rings. The van der Waals surface area contributed by atoms with Gasteiger partial charge >= 0.3 is 0 Å². The zero-order chi connectivity index (χ0) is 13.7. The van der Waals surface area contributed by atoms with Crippen molar-refractivity contribution in [2.24, 2.45) is 17.6 Å². The molecule has 0 spiro atoms. The Bertz CT molecular complexity index is 419. The van der Waals surface area contributed by atoms with Crippen molar-refractivity contribution in [3.05, 3.63) is 39.9 Å². The maximum atomic E-state index is 10.5. The molecule has 0 aromatic heterocycles. The fraction of sp³-hybridized carbons (Fsp3) is 0.571. The molecule has 2 N–H and O–H groups in total. The van der Waals surface area contributed by atoms with Crippen LogP contribution in [0.25, 0.3) is 0 Å². The van der Waals surface area contributed by atoms with Crippen molar-refractivity contribution in [3.63, 3.8) is 0 Å². The van der Waals surface area contributed by atoms with Gasteiger partial charge in [-0.05, 0) is 48.9 Å². The number of non-ortho nitro benzene ring substituents is 1. The molecule has 104 valence electrons. The topological polar surface area (TPSA) is 78.4 Å². The van der Waals surface area contributed by atoms with Crippen LogP contribution in [0.3, 0.4) is 0 Å². The average molecular weight is 264 g/mol. The van der Waals surface area contributed by atoms with Crippen molar-refractivity contribution in [2.75, 3.05) is 13.2 Å². The summed E-state index contributed by atoms with van der Waals surface area (Å²) in [6.45, 7) is 1.98. The second-order valence-corrected chi connectivity index (χ2v) is 5.13. The minimum atomic E-state index is -0.394. The molecule has 5 heteroatoms. The van der Waals surface area contributed by atoms with Crippen molar-refractivity contribution in [1.82, 2.24) is 0 Å². The van der Waals surface area contributed by atoms with Crippen LogP contribution >= 0.6 is 0 Å². The third kappa shape index (κ3) is 3.75. The molecule has 19 heavy (non-hydrogen) atoms. The lowest BCUT2D eigenvalue weighted by Gasteiger charge is -2.17. The van der Waals surface area contributed by atoms with Crippen molar-refractivity contribution in [1.29, 1.82) is 0 Å². The molecule has 2 rings (SSSR count). The zero-order valence-electron chi connectivity index (χ0n) is 11.0. The molecule has 1 aromatic carbocycles. The predicted molar refractivity (Wildman–Crippen MR) is 72.6 cm³/mol. The number of hydrogen-bond donors (Lipinski definition) is 1. The molecule has 1 saturated carbocycles. The first-order valence-electron chi connectivity index (χ1n) is 6.72. The molecule has 0 amide bonds. The van der Waals surface area contributed by atoms with E-state index in [1.165, 1.54) is 31.4 Å². The van der Waals surface area contributed by atoms with E-state index in [4.69, 9.17) is 10.5 Å². The van der Waals surface area contributed by atoms with Gasteiger partial charge in [-0.15, -0.1) is 0 Å². The first-order valence-corrected chi connectivity index (χ1v) is 6.72. The average Bonchev–Trinajstić information content (AvgIpc) is 2.87. The van der Waals surface area contributed by atoms with Gasteiger partial charge in [0, 0.05) is 12.1 Å². The molecule has 0 radical (unpaired) electrons. The first-order chi connectivity index (χ1) is 9.20. The number of ether oxygens (including phenoxy) is 1. The van der Waals surface area contributed by atoms with E-state index in [0.29, 0.717) is 18.4 Å². The van der Waals surface area contributed by atoms with Crippen LogP contribution in [-0.2, 0) is 11.3 Å². The Balaban J connectivity index is 1.77. The fourth-order valence-electron chi connectivity index (χ4n) is 2.69. The Hall–Kier alpha value is -1.46. The highest BCUT2D eigenvalue weighted by atomic mass is 16.6. The van der Waals surface area contributed by atoms with Gasteiger partial charge in [0.1, 0.15) is 0 Å². The lowest BCUT2D eigenvalue weighted by molar-refractivity contribution is -0.384. The number of nitro groups is 1. The monoisotopic (exact) mass is 264 g/mol. The van der Waals surface area contributed by atoms with Gasteiger partial charge in [0.2, 0.25) is 0 Å². The summed E-state index contributed by atoms with van der Waals surface area (Å²) in [5.74, 6) is 1.17. The molecule has 0 bridgehead atoms. The Morgan fingerprint density at radius 3 is 2.58 bits per heavy atom. The standard InChI is InChI=1S/C14H20N2O3/c15-8-12-2-1-3-13(12)10-19-9-11-4-6-14(7-5-11)16(17)18/h4-7,12-13H,1-3,8-10,15H2. The van der Waals surface area contributed by atoms with E-state index >= 15 is 0 Å². The van der Waals surface area contributed by atoms with E-state index in [9.17, 15) is 10.1 Å². The molecular weight excluding hydrogens is 244 g/mol. The van der Waals surface area contributed by atoms with Crippen LogP contribution in [0.15, 0.2) is 24.3 Å². The van der Waals surface area contributed by atoms with E-state index in [2.05, 4.69) is 0 Å². The summed E-state index contributed by atoms with van der Waals surface area (Å²) in [4.78, 5) is 10.1. The Labute approximate surface area is 112 Å². The van der Waals surface area contributed by atoms with Gasteiger partial charge in [-0.25, -0.2) is 0 Å². The molecule has 1 aliphatic carbocycles. The molecule has 2 unspecified atom stereocenters. The third-order valence-corrected chi connectivity index (χ3v) is 3.87. The second kappa shape index (κ2) is 6.63. The zero-order valence-corrected chi connectivity index (χ0v) is 11.0. The summed E-state index contributed by atoms with van der Waals surface area (Å²) in [5, 5.41) is 10.5. The lowest BCUT2D eigenvalue weighted by Crippen LogP contribution is -2.22. The largest absolute Gasteiger partial charge is 0.376 e.